The first-order chi connectivity index (χ1) is 8.50. The predicted molar refractivity (Wildman–Crippen MR) is 76.6 cm³/mol. The van der Waals surface area contributed by atoms with E-state index in [-0.39, 0.29) is 6.10 Å². The van der Waals surface area contributed by atoms with Gasteiger partial charge in [-0.25, -0.2) is 0 Å². The van der Waals surface area contributed by atoms with E-state index in [0.717, 1.165) is 6.42 Å². The lowest BCUT2D eigenvalue weighted by Crippen LogP contribution is -2.38. The minimum absolute atomic E-state index is 0.193. The Morgan fingerprint density at radius 2 is 2.00 bits per heavy atom. The summed E-state index contributed by atoms with van der Waals surface area (Å²) in [6.07, 6.45) is 5.64. The van der Waals surface area contributed by atoms with Crippen molar-refractivity contribution in [3.05, 3.63) is 35.4 Å². The molecule has 100 valence electrons. The summed E-state index contributed by atoms with van der Waals surface area (Å²) in [5.41, 5.74) is 2.89. The first-order valence-electron chi connectivity index (χ1n) is 7.23. The Kier molecular flexibility index (Phi) is 4.11. The average Bonchev–Trinajstić information content (AvgIpc) is 2.31. The van der Waals surface area contributed by atoms with E-state index in [1.165, 1.54) is 36.8 Å². The van der Waals surface area contributed by atoms with Crippen LogP contribution in [0.4, 0.5) is 0 Å². The van der Waals surface area contributed by atoms with Gasteiger partial charge in [0.15, 0.2) is 0 Å². The lowest BCUT2D eigenvalue weighted by atomic mass is 9.66. The Hall–Kier alpha value is -0.820. The maximum absolute atomic E-state index is 10.6. The lowest BCUT2D eigenvalue weighted by molar-refractivity contribution is 0.00573. The molecule has 0 aromatic heterocycles. The minimum Gasteiger partial charge on any atom is -0.392 e. The van der Waals surface area contributed by atoms with E-state index < -0.39 is 0 Å². The zero-order valence-electron chi connectivity index (χ0n) is 11.9. The number of aliphatic hydroxyl groups is 1. The molecular weight excluding hydrogens is 220 g/mol. The summed E-state index contributed by atoms with van der Waals surface area (Å²) in [6.45, 7) is 6.77. The summed E-state index contributed by atoms with van der Waals surface area (Å²) >= 11 is 0. The van der Waals surface area contributed by atoms with Crippen LogP contribution in [0.5, 0.6) is 0 Å². The van der Waals surface area contributed by atoms with Gasteiger partial charge in [-0.05, 0) is 48.6 Å². The number of aliphatic hydroxyl groups excluding tert-OH is 1. The van der Waals surface area contributed by atoms with Crippen LogP contribution in [0.25, 0.3) is 0 Å². The van der Waals surface area contributed by atoms with Gasteiger partial charge in [0.2, 0.25) is 0 Å². The highest BCUT2D eigenvalue weighted by Crippen LogP contribution is 2.43. The maximum atomic E-state index is 10.6. The smallest absolute Gasteiger partial charge is 0.0613 e. The van der Waals surface area contributed by atoms with Gasteiger partial charge in [0.25, 0.3) is 0 Å². The molecule has 0 bridgehead atoms. The molecule has 1 heteroatoms. The summed E-state index contributed by atoms with van der Waals surface area (Å²) < 4.78 is 0. The number of hydrogen-bond donors (Lipinski definition) is 1. The zero-order valence-corrected chi connectivity index (χ0v) is 11.9. The largest absolute Gasteiger partial charge is 0.392 e. The highest BCUT2D eigenvalue weighted by atomic mass is 16.3. The van der Waals surface area contributed by atoms with Gasteiger partial charge in [0.1, 0.15) is 0 Å². The summed E-state index contributed by atoms with van der Waals surface area (Å²) in [5.74, 6) is 0.450. The highest BCUT2D eigenvalue weighted by Gasteiger charge is 2.36. The summed E-state index contributed by atoms with van der Waals surface area (Å²) in [4.78, 5) is 0. The molecule has 2 unspecified atom stereocenters. The third-order valence-electron chi connectivity index (χ3n) is 4.74. The van der Waals surface area contributed by atoms with Crippen LogP contribution < -0.4 is 0 Å². The van der Waals surface area contributed by atoms with E-state index in [1.807, 2.05) is 0 Å². The monoisotopic (exact) mass is 246 g/mol. The van der Waals surface area contributed by atoms with E-state index in [0.29, 0.717) is 11.3 Å². The van der Waals surface area contributed by atoms with Crippen molar-refractivity contribution in [1.82, 2.24) is 0 Å². The maximum Gasteiger partial charge on any atom is 0.0613 e. The quantitative estimate of drug-likeness (QED) is 0.850. The van der Waals surface area contributed by atoms with Gasteiger partial charge in [-0.1, -0.05) is 51.0 Å². The molecule has 1 fully saturated rings. The van der Waals surface area contributed by atoms with Crippen LogP contribution in [0.1, 0.15) is 50.7 Å². The highest BCUT2D eigenvalue weighted by molar-refractivity contribution is 5.26. The molecule has 0 amide bonds. The van der Waals surface area contributed by atoms with Crippen LogP contribution in [-0.4, -0.2) is 11.2 Å². The molecule has 1 nitrogen and oxygen atoms in total. The Labute approximate surface area is 111 Å². The summed E-state index contributed by atoms with van der Waals surface area (Å²) in [7, 11) is 0. The Morgan fingerprint density at radius 3 is 2.67 bits per heavy atom. The second-order valence-corrected chi connectivity index (χ2v) is 6.54. The Morgan fingerprint density at radius 1 is 1.28 bits per heavy atom. The van der Waals surface area contributed by atoms with Crippen LogP contribution in [-0.2, 0) is 6.42 Å². The van der Waals surface area contributed by atoms with Crippen molar-refractivity contribution in [1.29, 1.82) is 0 Å². The fraction of sp³-hybridized carbons (Fsp3) is 0.647. The second-order valence-electron chi connectivity index (χ2n) is 6.54. The van der Waals surface area contributed by atoms with Crippen LogP contribution in [0.2, 0.25) is 0 Å². The lowest BCUT2D eigenvalue weighted by Gasteiger charge is -2.41. The molecule has 0 aliphatic heterocycles. The fourth-order valence-electron chi connectivity index (χ4n) is 3.44. The molecule has 1 saturated carbocycles. The number of hydrogen-bond acceptors (Lipinski definition) is 1. The van der Waals surface area contributed by atoms with E-state index in [1.54, 1.807) is 0 Å². The first kappa shape index (κ1) is 13.6. The molecule has 0 saturated heterocycles. The van der Waals surface area contributed by atoms with Gasteiger partial charge in [0, 0.05) is 0 Å². The van der Waals surface area contributed by atoms with Crippen molar-refractivity contribution < 1.29 is 5.11 Å². The molecule has 1 aliphatic carbocycles. The summed E-state index contributed by atoms with van der Waals surface area (Å²) in [5, 5.41) is 10.6. The predicted octanol–water partition coefficient (Wildman–Crippen LogP) is 4.11. The van der Waals surface area contributed by atoms with E-state index >= 15 is 0 Å². The molecule has 1 aromatic rings. The van der Waals surface area contributed by atoms with Crippen molar-refractivity contribution in [2.75, 3.05) is 0 Å². The third kappa shape index (κ3) is 2.95. The number of benzene rings is 1. The zero-order chi connectivity index (χ0) is 13.2. The van der Waals surface area contributed by atoms with Crippen LogP contribution in [0.15, 0.2) is 24.3 Å². The molecule has 1 N–H and O–H groups in total. The molecular formula is C17H26O. The van der Waals surface area contributed by atoms with Crippen molar-refractivity contribution in [3.8, 4) is 0 Å². The Balaban J connectivity index is 2.07. The van der Waals surface area contributed by atoms with Crippen LogP contribution in [0.3, 0.4) is 0 Å². The van der Waals surface area contributed by atoms with Crippen LogP contribution in [0, 0.1) is 18.3 Å². The third-order valence-corrected chi connectivity index (χ3v) is 4.74. The number of aryl methyl sites for hydroxylation is 1. The second kappa shape index (κ2) is 5.44. The van der Waals surface area contributed by atoms with Gasteiger partial charge in [0.05, 0.1) is 6.10 Å². The van der Waals surface area contributed by atoms with Crippen molar-refractivity contribution in [2.45, 2.75) is 59.0 Å². The number of rotatable bonds is 3. The Bertz CT molecular complexity index is 394. The van der Waals surface area contributed by atoms with Gasteiger partial charge in [-0.2, -0.15) is 0 Å². The SMILES string of the molecule is Cc1ccccc1CC(O)C1CCCCC1(C)C. The molecule has 0 heterocycles. The molecule has 0 radical (unpaired) electrons. The van der Waals surface area contributed by atoms with Gasteiger partial charge in [-0.3, -0.25) is 0 Å². The average molecular weight is 246 g/mol. The first-order valence-corrected chi connectivity index (χ1v) is 7.23. The van der Waals surface area contributed by atoms with E-state index in [4.69, 9.17) is 0 Å². The molecule has 2 atom stereocenters. The fourth-order valence-corrected chi connectivity index (χ4v) is 3.44. The van der Waals surface area contributed by atoms with Crippen molar-refractivity contribution in [2.24, 2.45) is 11.3 Å². The van der Waals surface area contributed by atoms with Crippen molar-refractivity contribution >= 4 is 0 Å². The standard InChI is InChI=1S/C17H26O/c1-13-8-4-5-9-14(13)12-16(18)15-10-6-7-11-17(15,2)3/h4-5,8-9,15-16,18H,6-7,10-12H2,1-3H3. The minimum atomic E-state index is -0.193. The van der Waals surface area contributed by atoms with Gasteiger partial charge in [-0.15, -0.1) is 0 Å². The summed E-state index contributed by atoms with van der Waals surface area (Å²) in [6, 6.07) is 8.42. The van der Waals surface area contributed by atoms with Gasteiger partial charge < -0.3 is 5.11 Å². The van der Waals surface area contributed by atoms with E-state index in [9.17, 15) is 5.11 Å². The van der Waals surface area contributed by atoms with Crippen molar-refractivity contribution in [3.63, 3.8) is 0 Å². The van der Waals surface area contributed by atoms with E-state index in [2.05, 4.69) is 45.0 Å². The normalized spacial score (nSPS) is 24.8. The molecule has 18 heavy (non-hydrogen) atoms. The molecule has 1 aliphatic rings. The molecule has 2 rings (SSSR count). The van der Waals surface area contributed by atoms with Gasteiger partial charge >= 0.3 is 0 Å². The molecule has 1 aromatic carbocycles. The van der Waals surface area contributed by atoms with Crippen LogP contribution >= 0.6 is 0 Å². The molecule has 0 spiro atoms. The topological polar surface area (TPSA) is 20.2 Å².